The van der Waals surface area contributed by atoms with Crippen LogP contribution in [0.1, 0.15) is 50.4 Å². The maximum atomic E-state index is 14.5. The number of ether oxygens (including phenoxy) is 2. The van der Waals surface area contributed by atoms with E-state index >= 15 is 0 Å². The van der Waals surface area contributed by atoms with Crippen molar-refractivity contribution in [2.75, 3.05) is 31.2 Å². The molecule has 1 aliphatic heterocycles. The van der Waals surface area contributed by atoms with Crippen molar-refractivity contribution in [1.82, 2.24) is 10.2 Å². The third kappa shape index (κ3) is 5.53. The van der Waals surface area contributed by atoms with Crippen molar-refractivity contribution in [3.05, 3.63) is 23.5 Å². The largest absolute Gasteiger partial charge is 0.444 e. The Morgan fingerprint density at radius 3 is 2.50 bits per heavy atom. The molecule has 1 saturated heterocycles. The molecule has 8 nitrogen and oxygen atoms in total. The number of hydrogen-bond donors (Lipinski definition) is 3. The lowest BCUT2D eigenvalue weighted by Crippen LogP contribution is -2.57. The Morgan fingerprint density at radius 2 is 1.93 bits per heavy atom. The number of rotatable bonds is 5. The van der Waals surface area contributed by atoms with Crippen LogP contribution in [0.15, 0.2) is 12.1 Å². The van der Waals surface area contributed by atoms with Crippen LogP contribution in [0, 0.1) is 5.82 Å². The van der Waals surface area contributed by atoms with E-state index in [1.54, 1.807) is 32.8 Å². The number of piperidine rings is 1. The number of amides is 2. The smallest absolute Gasteiger partial charge is 0.408 e. The average Bonchev–Trinajstić information content (AvgIpc) is 3.46. The van der Waals surface area contributed by atoms with E-state index in [1.165, 1.54) is 12.1 Å². The van der Waals surface area contributed by atoms with Gasteiger partial charge in [0.2, 0.25) is 0 Å². The van der Waals surface area contributed by atoms with E-state index in [0.29, 0.717) is 13.0 Å². The molecule has 2 amide bonds. The van der Waals surface area contributed by atoms with Crippen molar-refractivity contribution in [3.8, 4) is 0 Å². The summed E-state index contributed by atoms with van der Waals surface area (Å²) in [5.74, 6) is -0.885. The van der Waals surface area contributed by atoms with E-state index in [2.05, 4.69) is 10.6 Å². The number of nitrogen functional groups attached to an aromatic ring is 1. The molecule has 9 heteroatoms. The Hall–Kier alpha value is -2.55. The number of nitrogens with zero attached hydrogens (tertiary/aromatic N) is 1. The fourth-order valence-corrected chi connectivity index (χ4v) is 3.51. The average molecular weight is 423 g/mol. The van der Waals surface area contributed by atoms with Gasteiger partial charge in [0.25, 0.3) is 5.91 Å². The van der Waals surface area contributed by atoms with Crippen LogP contribution in [0.4, 0.5) is 20.6 Å². The summed E-state index contributed by atoms with van der Waals surface area (Å²) < 4.78 is 25.3. The van der Waals surface area contributed by atoms with Gasteiger partial charge in [0.05, 0.1) is 23.5 Å². The Kier molecular flexibility index (Phi) is 6.40. The molecule has 1 heterocycles. The van der Waals surface area contributed by atoms with Crippen LogP contribution in [0.25, 0.3) is 0 Å². The zero-order valence-corrected chi connectivity index (χ0v) is 18.0. The van der Waals surface area contributed by atoms with E-state index in [0.717, 1.165) is 12.8 Å². The van der Waals surface area contributed by atoms with Gasteiger partial charge in [-0.2, -0.15) is 0 Å². The van der Waals surface area contributed by atoms with Crippen LogP contribution in [0.2, 0.25) is 0 Å². The van der Waals surface area contributed by atoms with Crippen molar-refractivity contribution in [2.45, 2.75) is 63.8 Å². The Bertz CT molecular complexity index is 784. The zero-order chi connectivity index (χ0) is 22.1. The number of methoxy groups -OCH3 is 1. The predicted molar refractivity (Wildman–Crippen MR) is 112 cm³/mol. The highest BCUT2D eigenvalue weighted by molar-refractivity contribution is 5.96. The second-order valence-electron chi connectivity index (χ2n) is 8.91. The number of alkyl carbamates (subject to hydrolysis) is 1. The summed E-state index contributed by atoms with van der Waals surface area (Å²) in [5.41, 5.74) is 5.99. The Labute approximate surface area is 176 Å². The first-order valence-corrected chi connectivity index (χ1v) is 10.2. The summed E-state index contributed by atoms with van der Waals surface area (Å²) >= 11 is 0. The number of nitrogens with two attached hydrogens (primary N) is 1. The molecule has 4 N–H and O–H groups in total. The Morgan fingerprint density at radius 1 is 1.23 bits per heavy atom. The third-order valence-corrected chi connectivity index (χ3v) is 5.13. The van der Waals surface area contributed by atoms with E-state index < -0.39 is 23.6 Å². The number of carbonyl (C=O) groups excluding carboxylic acids is 2. The van der Waals surface area contributed by atoms with Crippen LogP contribution < -0.4 is 16.4 Å². The van der Waals surface area contributed by atoms with Gasteiger partial charge in [-0.05, 0) is 52.2 Å². The van der Waals surface area contributed by atoms with Gasteiger partial charge in [-0.3, -0.25) is 4.79 Å². The molecular formula is C21H31FN4O4. The van der Waals surface area contributed by atoms with Crippen molar-refractivity contribution in [3.63, 3.8) is 0 Å². The number of likely N-dealkylation sites (tertiary alicyclic amines) is 1. The molecule has 0 spiro atoms. The molecule has 2 atom stereocenters. The topological polar surface area (TPSA) is 106 Å². The monoisotopic (exact) mass is 422 g/mol. The summed E-state index contributed by atoms with van der Waals surface area (Å²) in [4.78, 5) is 26.8. The SMILES string of the molecule is CO[C@@H]1CCN(C(=O)c2cc(N)c(NC3CC3)c(F)c2)C[C@@H]1NC(=O)OC(C)(C)C. The van der Waals surface area contributed by atoms with Gasteiger partial charge in [0, 0.05) is 31.8 Å². The van der Waals surface area contributed by atoms with Gasteiger partial charge in [0.1, 0.15) is 11.4 Å². The maximum absolute atomic E-state index is 14.5. The number of hydrogen-bond acceptors (Lipinski definition) is 6. The summed E-state index contributed by atoms with van der Waals surface area (Å²) in [6.45, 7) is 5.97. The first-order valence-electron chi connectivity index (χ1n) is 10.2. The van der Waals surface area contributed by atoms with Crippen molar-refractivity contribution >= 4 is 23.4 Å². The van der Waals surface area contributed by atoms with Crippen LogP contribution in [0.5, 0.6) is 0 Å². The van der Waals surface area contributed by atoms with Gasteiger partial charge >= 0.3 is 6.09 Å². The van der Waals surface area contributed by atoms with Gasteiger partial charge in [-0.15, -0.1) is 0 Å². The Balaban J connectivity index is 1.70. The van der Waals surface area contributed by atoms with Crippen molar-refractivity contribution < 1.29 is 23.5 Å². The molecule has 166 valence electrons. The number of benzene rings is 1. The minimum Gasteiger partial charge on any atom is -0.444 e. The third-order valence-electron chi connectivity index (χ3n) is 5.13. The lowest BCUT2D eigenvalue weighted by atomic mass is 10.0. The summed E-state index contributed by atoms with van der Waals surface area (Å²) in [5, 5.41) is 5.84. The highest BCUT2D eigenvalue weighted by Crippen LogP contribution is 2.31. The minimum absolute atomic E-state index is 0.179. The number of nitrogens with one attached hydrogen (secondary N) is 2. The second-order valence-corrected chi connectivity index (χ2v) is 8.91. The quantitative estimate of drug-likeness (QED) is 0.630. The molecule has 1 saturated carbocycles. The lowest BCUT2D eigenvalue weighted by molar-refractivity contribution is 0.00319. The molecule has 0 unspecified atom stereocenters. The standard InChI is InChI=1S/C21H31FN4O4/c1-21(2,3)30-20(28)25-16-11-26(8-7-17(16)29-4)19(27)12-9-14(22)18(15(23)10-12)24-13-5-6-13/h9-10,13,16-17,24H,5-8,11,23H2,1-4H3,(H,25,28)/t16-,17+/m0/s1. The lowest BCUT2D eigenvalue weighted by Gasteiger charge is -2.38. The molecular weight excluding hydrogens is 391 g/mol. The maximum Gasteiger partial charge on any atom is 0.408 e. The first-order chi connectivity index (χ1) is 14.1. The van der Waals surface area contributed by atoms with Crippen LogP contribution in [-0.2, 0) is 9.47 Å². The predicted octanol–water partition coefficient (Wildman–Crippen LogP) is 2.74. The molecule has 1 aliphatic carbocycles. The summed E-state index contributed by atoms with van der Waals surface area (Å²) in [7, 11) is 1.56. The van der Waals surface area contributed by atoms with Gasteiger partial charge in [-0.1, -0.05) is 0 Å². The van der Waals surface area contributed by atoms with Crippen LogP contribution in [0.3, 0.4) is 0 Å². The highest BCUT2D eigenvalue weighted by Gasteiger charge is 2.34. The van der Waals surface area contributed by atoms with Gasteiger partial charge in [0.15, 0.2) is 0 Å². The molecule has 0 radical (unpaired) electrons. The normalized spacial score (nSPS) is 21.8. The van der Waals surface area contributed by atoms with Gasteiger partial charge in [-0.25, -0.2) is 9.18 Å². The van der Waals surface area contributed by atoms with E-state index in [4.69, 9.17) is 15.2 Å². The van der Waals surface area contributed by atoms with E-state index in [1.807, 2.05) is 0 Å². The zero-order valence-electron chi connectivity index (χ0n) is 18.0. The number of anilines is 2. The van der Waals surface area contributed by atoms with Gasteiger partial charge < -0.3 is 30.7 Å². The van der Waals surface area contributed by atoms with Crippen molar-refractivity contribution in [1.29, 1.82) is 0 Å². The summed E-state index contributed by atoms with van der Waals surface area (Å²) in [6, 6.07) is 2.51. The molecule has 2 aliphatic rings. The molecule has 1 aromatic rings. The van der Waals surface area contributed by atoms with Crippen molar-refractivity contribution in [2.24, 2.45) is 0 Å². The van der Waals surface area contributed by atoms with E-state index in [-0.39, 0.29) is 41.5 Å². The molecule has 0 bridgehead atoms. The molecule has 30 heavy (non-hydrogen) atoms. The van der Waals surface area contributed by atoms with Crippen LogP contribution in [-0.4, -0.2) is 60.9 Å². The fraction of sp³-hybridized carbons (Fsp3) is 0.619. The van der Waals surface area contributed by atoms with E-state index in [9.17, 15) is 14.0 Å². The number of halogens is 1. The minimum atomic E-state index is -0.637. The fourth-order valence-electron chi connectivity index (χ4n) is 3.51. The molecule has 0 aromatic heterocycles. The highest BCUT2D eigenvalue weighted by atomic mass is 19.1. The number of carbonyl (C=O) groups is 2. The second kappa shape index (κ2) is 8.67. The molecule has 2 fully saturated rings. The van der Waals surface area contributed by atoms with Crippen LogP contribution >= 0.6 is 0 Å². The molecule has 1 aromatic carbocycles. The summed E-state index contributed by atoms with van der Waals surface area (Å²) in [6.07, 6.45) is 1.67. The first kappa shape index (κ1) is 22.1. The molecule has 3 rings (SSSR count).